The lowest BCUT2D eigenvalue weighted by Crippen LogP contribution is -2.34. The lowest BCUT2D eigenvalue weighted by molar-refractivity contribution is 0.0973. The smallest absolute Gasteiger partial charge is 0.261 e. The van der Waals surface area contributed by atoms with E-state index in [1.807, 2.05) is 24.3 Å². The Balaban J connectivity index is 2.00. The minimum atomic E-state index is -0.313. The Morgan fingerprint density at radius 3 is 2.72 bits per heavy atom. The van der Waals surface area contributed by atoms with Gasteiger partial charge in [-0.25, -0.2) is 0 Å². The third-order valence-electron chi connectivity index (χ3n) is 3.44. The molecule has 2 N–H and O–H groups in total. The fourth-order valence-electron chi connectivity index (χ4n) is 2.14. The van der Waals surface area contributed by atoms with Crippen LogP contribution in [-0.4, -0.2) is 24.7 Å². The summed E-state index contributed by atoms with van der Waals surface area (Å²) < 4.78 is 10.8. The summed E-state index contributed by atoms with van der Waals surface area (Å²) in [5.74, 6) is 0.943. The number of carbonyl (C=O) groups excluding carboxylic acids is 1. The molecule has 0 heterocycles. The summed E-state index contributed by atoms with van der Waals surface area (Å²) in [7, 11) is 1.59. The topological polar surface area (TPSA) is 59.6 Å². The molecular weight excluding hydrogens is 336 g/mol. The van der Waals surface area contributed by atoms with Gasteiger partial charge in [0.05, 0.1) is 19.3 Å². The minimum absolute atomic E-state index is 0.210. The number of ether oxygens (including phenoxy) is 2. The molecule has 2 aromatic rings. The predicted octanol–water partition coefficient (Wildman–Crippen LogP) is 4.00. The van der Waals surface area contributed by atoms with E-state index < -0.39 is 0 Å². The van der Waals surface area contributed by atoms with Gasteiger partial charge in [0.1, 0.15) is 11.5 Å². The molecule has 0 saturated heterocycles. The Hall–Kier alpha value is -2.60. The maximum Gasteiger partial charge on any atom is 0.261 e. The fraction of sp³-hybridized carbons (Fsp3) is 0.263. The van der Waals surface area contributed by atoms with Crippen LogP contribution in [0.15, 0.2) is 48.5 Å². The zero-order chi connectivity index (χ0) is 18.1. The highest BCUT2D eigenvalue weighted by Gasteiger charge is 2.13. The lowest BCUT2D eigenvalue weighted by atomic mass is 10.2. The third-order valence-corrected chi connectivity index (χ3v) is 3.65. The van der Waals surface area contributed by atoms with Crippen molar-refractivity contribution in [3.63, 3.8) is 0 Å². The molecule has 2 aromatic carbocycles. The number of amides is 1. The highest BCUT2D eigenvalue weighted by atomic mass is 32.1. The molecule has 1 amide bonds. The van der Waals surface area contributed by atoms with Crippen molar-refractivity contribution in [3.05, 3.63) is 54.1 Å². The second-order valence-electron chi connectivity index (χ2n) is 5.34. The fourth-order valence-corrected chi connectivity index (χ4v) is 2.35. The Bertz CT molecular complexity index is 734. The summed E-state index contributed by atoms with van der Waals surface area (Å²) in [6.07, 6.45) is 1.97. The van der Waals surface area contributed by atoms with Crippen LogP contribution in [0.4, 0.5) is 5.69 Å². The molecule has 0 aliphatic carbocycles. The van der Waals surface area contributed by atoms with E-state index in [2.05, 4.69) is 17.6 Å². The molecule has 25 heavy (non-hydrogen) atoms. The summed E-state index contributed by atoms with van der Waals surface area (Å²) in [6, 6.07) is 14.4. The minimum Gasteiger partial charge on any atom is -0.497 e. The summed E-state index contributed by atoms with van der Waals surface area (Å²) in [5, 5.41) is 5.85. The third kappa shape index (κ3) is 5.76. The van der Waals surface area contributed by atoms with Crippen molar-refractivity contribution in [2.75, 3.05) is 19.0 Å². The van der Waals surface area contributed by atoms with Gasteiger partial charge in [0, 0.05) is 11.8 Å². The Labute approximate surface area is 153 Å². The molecule has 0 aromatic heterocycles. The molecule has 0 aliphatic heterocycles. The molecule has 0 fully saturated rings. The highest BCUT2D eigenvalue weighted by molar-refractivity contribution is 7.80. The summed E-state index contributed by atoms with van der Waals surface area (Å²) in [5.41, 5.74) is 1.19. The normalized spacial score (nSPS) is 10.0. The maximum atomic E-state index is 12.5. The van der Waals surface area contributed by atoms with Crippen LogP contribution >= 0.6 is 12.2 Å². The average Bonchev–Trinajstić information content (AvgIpc) is 2.62. The van der Waals surface area contributed by atoms with E-state index in [0.717, 1.165) is 18.5 Å². The van der Waals surface area contributed by atoms with Gasteiger partial charge in [-0.3, -0.25) is 10.1 Å². The molecule has 0 atom stereocenters. The van der Waals surface area contributed by atoms with Crippen LogP contribution in [-0.2, 0) is 0 Å². The molecule has 5 nitrogen and oxygen atoms in total. The SMILES string of the molecule is CCCCOc1ccccc1C(=O)NC(=S)Nc1cccc(OC)c1. The van der Waals surface area contributed by atoms with Crippen LogP contribution in [0, 0.1) is 0 Å². The molecule has 6 heteroatoms. The molecule has 0 bridgehead atoms. The second kappa shape index (κ2) is 9.64. The largest absolute Gasteiger partial charge is 0.497 e. The summed E-state index contributed by atoms with van der Waals surface area (Å²) in [4.78, 5) is 12.5. The van der Waals surface area contributed by atoms with Gasteiger partial charge in [0.25, 0.3) is 5.91 Å². The molecule has 132 valence electrons. The monoisotopic (exact) mass is 358 g/mol. The van der Waals surface area contributed by atoms with Gasteiger partial charge in [-0.05, 0) is 42.9 Å². The van der Waals surface area contributed by atoms with E-state index in [0.29, 0.717) is 23.7 Å². The molecule has 0 unspecified atom stereocenters. The van der Waals surface area contributed by atoms with Gasteiger partial charge in [-0.1, -0.05) is 31.5 Å². The van der Waals surface area contributed by atoms with Crippen molar-refractivity contribution in [1.82, 2.24) is 5.32 Å². The van der Waals surface area contributed by atoms with Crippen molar-refractivity contribution in [2.45, 2.75) is 19.8 Å². The molecule has 0 radical (unpaired) electrons. The first kappa shape index (κ1) is 18.7. The van der Waals surface area contributed by atoms with Crippen LogP contribution in [0.5, 0.6) is 11.5 Å². The number of unbranched alkanes of at least 4 members (excludes halogenated alkanes) is 1. The van der Waals surface area contributed by atoms with Crippen LogP contribution < -0.4 is 20.1 Å². The van der Waals surface area contributed by atoms with Crippen LogP contribution in [0.1, 0.15) is 30.1 Å². The highest BCUT2D eigenvalue weighted by Crippen LogP contribution is 2.19. The first-order chi connectivity index (χ1) is 12.1. The predicted molar refractivity (Wildman–Crippen MR) is 104 cm³/mol. The Morgan fingerprint density at radius 2 is 1.96 bits per heavy atom. The number of rotatable bonds is 7. The van der Waals surface area contributed by atoms with Crippen molar-refractivity contribution >= 4 is 28.9 Å². The van der Waals surface area contributed by atoms with Crippen molar-refractivity contribution in [1.29, 1.82) is 0 Å². The van der Waals surface area contributed by atoms with Crippen molar-refractivity contribution < 1.29 is 14.3 Å². The number of para-hydroxylation sites is 1. The first-order valence-electron chi connectivity index (χ1n) is 8.12. The molecule has 2 rings (SSSR count). The van der Waals surface area contributed by atoms with E-state index in [1.165, 1.54) is 0 Å². The Morgan fingerprint density at radius 1 is 1.16 bits per heavy atom. The zero-order valence-corrected chi connectivity index (χ0v) is 15.2. The van der Waals surface area contributed by atoms with Gasteiger partial charge in [-0.15, -0.1) is 0 Å². The van der Waals surface area contributed by atoms with E-state index in [1.54, 1.807) is 31.4 Å². The van der Waals surface area contributed by atoms with Crippen LogP contribution in [0.25, 0.3) is 0 Å². The average molecular weight is 358 g/mol. The quantitative estimate of drug-likeness (QED) is 0.579. The molecular formula is C19H22N2O3S. The number of hydrogen-bond donors (Lipinski definition) is 2. The van der Waals surface area contributed by atoms with E-state index in [4.69, 9.17) is 21.7 Å². The van der Waals surface area contributed by atoms with Crippen molar-refractivity contribution in [3.8, 4) is 11.5 Å². The molecule has 0 saturated carbocycles. The van der Waals surface area contributed by atoms with E-state index in [-0.39, 0.29) is 11.0 Å². The number of anilines is 1. The summed E-state index contributed by atoms with van der Waals surface area (Å²) >= 11 is 5.22. The van der Waals surface area contributed by atoms with Crippen LogP contribution in [0.2, 0.25) is 0 Å². The number of methoxy groups -OCH3 is 1. The standard InChI is InChI=1S/C19H22N2O3S/c1-3-4-12-24-17-11-6-5-10-16(17)18(22)21-19(25)20-14-8-7-9-15(13-14)23-2/h5-11,13H,3-4,12H2,1-2H3,(H2,20,21,22,25). The van der Waals surface area contributed by atoms with Crippen LogP contribution in [0.3, 0.4) is 0 Å². The lowest BCUT2D eigenvalue weighted by Gasteiger charge is -2.13. The Kier molecular flexibility index (Phi) is 7.22. The number of benzene rings is 2. The van der Waals surface area contributed by atoms with Gasteiger partial charge < -0.3 is 14.8 Å². The van der Waals surface area contributed by atoms with Gasteiger partial charge in [-0.2, -0.15) is 0 Å². The van der Waals surface area contributed by atoms with E-state index in [9.17, 15) is 4.79 Å². The number of nitrogens with one attached hydrogen (secondary N) is 2. The maximum absolute atomic E-state index is 12.5. The zero-order valence-electron chi connectivity index (χ0n) is 14.4. The van der Waals surface area contributed by atoms with Gasteiger partial charge >= 0.3 is 0 Å². The molecule has 0 aliphatic rings. The van der Waals surface area contributed by atoms with Gasteiger partial charge in [0.2, 0.25) is 0 Å². The summed E-state index contributed by atoms with van der Waals surface area (Å²) in [6.45, 7) is 2.66. The van der Waals surface area contributed by atoms with Gasteiger partial charge in [0.15, 0.2) is 5.11 Å². The number of thiocarbonyl (C=S) groups is 1. The van der Waals surface area contributed by atoms with Crippen molar-refractivity contribution in [2.24, 2.45) is 0 Å². The first-order valence-corrected chi connectivity index (χ1v) is 8.53. The number of carbonyl (C=O) groups is 1. The number of hydrogen-bond acceptors (Lipinski definition) is 4. The second-order valence-corrected chi connectivity index (χ2v) is 5.75. The van der Waals surface area contributed by atoms with E-state index >= 15 is 0 Å². The molecule has 0 spiro atoms.